The molecule has 0 bridgehead atoms. The van der Waals surface area contributed by atoms with Gasteiger partial charge in [0.1, 0.15) is 6.26 Å². The van der Waals surface area contributed by atoms with Crippen LogP contribution in [0.25, 0.3) is 11.5 Å². The molecule has 0 aliphatic heterocycles. The fourth-order valence-electron chi connectivity index (χ4n) is 1.98. The van der Waals surface area contributed by atoms with Crippen LogP contribution >= 0.6 is 0 Å². The SMILES string of the molecule is CCCCN=C(N)NCCc1coc(-c2ccc(C)cc2)n1. The van der Waals surface area contributed by atoms with Gasteiger partial charge in [-0.25, -0.2) is 4.98 Å². The standard InChI is InChI=1S/C17H24N4O/c1-3-4-10-19-17(18)20-11-9-15-12-22-16(21-15)14-7-5-13(2)6-8-14/h5-8,12H,3-4,9-11H2,1-2H3,(H3,18,19,20). The molecular formula is C17H24N4O. The van der Waals surface area contributed by atoms with Crippen LogP contribution in [0.2, 0.25) is 0 Å². The van der Waals surface area contributed by atoms with Crippen LogP contribution in [0.15, 0.2) is 39.9 Å². The van der Waals surface area contributed by atoms with Gasteiger partial charge in [0.2, 0.25) is 5.89 Å². The first-order chi connectivity index (χ1) is 10.7. The Morgan fingerprint density at radius 3 is 2.82 bits per heavy atom. The van der Waals surface area contributed by atoms with Crippen molar-refractivity contribution in [3.05, 3.63) is 41.8 Å². The molecule has 5 heteroatoms. The molecule has 118 valence electrons. The van der Waals surface area contributed by atoms with Crippen molar-refractivity contribution in [2.24, 2.45) is 10.7 Å². The molecule has 0 saturated heterocycles. The van der Waals surface area contributed by atoms with Crippen LogP contribution in [0.3, 0.4) is 0 Å². The normalized spacial score (nSPS) is 11.6. The Labute approximate surface area is 131 Å². The predicted molar refractivity (Wildman–Crippen MR) is 89.8 cm³/mol. The summed E-state index contributed by atoms with van der Waals surface area (Å²) in [6, 6.07) is 8.13. The summed E-state index contributed by atoms with van der Waals surface area (Å²) in [6.07, 6.45) is 4.63. The number of nitrogens with two attached hydrogens (primary N) is 1. The lowest BCUT2D eigenvalue weighted by molar-refractivity contribution is 0.572. The average Bonchev–Trinajstić information content (AvgIpc) is 2.97. The second-order valence-corrected chi connectivity index (χ2v) is 5.31. The van der Waals surface area contributed by atoms with Crippen LogP contribution in [0.4, 0.5) is 0 Å². The van der Waals surface area contributed by atoms with Gasteiger partial charge in [0.15, 0.2) is 5.96 Å². The number of rotatable bonds is 7. The number of nitrogens with one attached hydrogen (secondary N) is 1. The van der Waals surface area contributed by atoms with Crippen LogP contribution < -0.4 is 11.1 Å². The fraction of sp³-hybridized carbons (Fsp3) is 0.412. The summed E-state index contributed by atoms with van der Waals surface area (Å²) in [6.45, 7) is 5.66. The van der Waals surface area contributed by atoms with Crippen LogP contribution in [0, 0.1) is 6.92 Å². The summed E-state index contributed by atoms with van der Waals surface area (Å²) in [5.41, 5.74) is 8.90. The number of aryl methyl sites for hydroxylation is 1. The van der Waals surface area contributed by atoms with E-state index in [4.69, 9.17) is 10.2 Å². The Morgan fingerprint density at radius 2 is 2.09 bits per heavy atom. The molecule has 0 aliphatic rings. The molecule has 0 spiro atoms. The highest BCUT2D eigenvalue weighted by molar-refractivity contribution is 5.77. The molecule has 0 unspecified atom stereocenters. The Morgan fingerprint density at radius 1 is 1.32 bits per heavy atom. The van der Waals surface area contributed by atoms with Crippen molar-refractivity contribution in [2.45, 2.75) is 33.1 Å². The van der Waals surface area contributed by atoms with Crippen molar-refractivity contribution < 1.29 is 4.42 Å². The van der Waals surface area contributed by atoms with Gasteiger partial charge in [-0.3, -0.25) is 4.99 Å². The summed E-state index contributed by atoms with van der Waals surface area (Å²) in [5.74, 6) is 1.15. The van der Waals surface area contributed by atoms with E-state index in [1.165, 1.54) is 5.56 Å². The first kappa shape index (κ1) is 16.1. The summed E-state index contributed by atoms with van der Waals surface area (Å²) in [7, 11) is 0. The largest absolute Gasteiger partial charge is 0.444 e. The lowest BCUT2D eigenvalue weighted by Gasteiger charge is -2.03. The Bertz CT molecular complexity index is 601. The quantitative estimate of drug-likeness (QED) is 0.468. The highest BCUT2D eigenvalue weighted by atomic mass is 16.3. The number of hydrogen-bond donors (Lipinski definition) is 2. The molecule has 0 fully saturated rings. The molecule has 0 radical (unpaired) electrons. The van der Waals surface area contributed by atoms with Crippen LogP contribution in [0.5, 0.6) is 0 Å². The number of nitrogens with zero attached hydrogens (tertiary/aromatic N) is 2. The molecule has 2 aromatic rings. The highest BCUT2D eigenvalue weighted by Gasteiger charge is 2.06. The zero-order valence-electron chi connectivity index (χ0n) is 13.3. The number of guanidine groups is 1. The number of hydrogen-bond acceptors (Lipinski definition) is 3. The van der Waals surface area contributed by atoms with E-state index in [9.17, 15) is 0 Å². The second kappa shape index (κ2) is 8.22. The van der Waals surface area contributed by atoms with Crippen molar-refractivity contribution >= 4 is 5.96 Å². The minimum absolute atomic E-state index is 0.496. The molecule has 22 heavy (non-hydrogen) atoms. The van der Waals surface area contributed by atoms with E-state index in [1.54, 1.807) is 6.26 Å². The summed E-state index contributed by atoms with van der Waals surface area (Å²) >= 11 is 0. The van der Waals surface area contributed by atoms with E-state index in [0.29, 0.717) is 18.4 Å². The molecule has 1 aromatic carbocycles. The van der Waals surface area contributed by atoms with Crippen molar-refractivity contribution in [2.75, 3.05) is 13.1 Å². The van der Waals surface area contributed by atoms with Crippen molar-refractivity contribution in [1.82, 2.24) is 10.3 Å². The topological polar surface area (TPSA) is 76.4 Å². The van der Waals surface area contributed by atoms with Crippen LogP contribution in [-0.2, 0) is 6.42 Å². The van der Waals surface area contributed by atoms with Gasteiger partial charge in [0.05, 0.1) is 5.69 Å². The predicted octanol–water partition coefficient (Wildman–Crippen LogP) is 2.90. The van der Waals surface area contributed by atoms with Gasteiger partial charge in [-0.1, -0.05) is 31.0 Å². The summed E-state index contributed by atoms with van der Waals surface area (Å²) < 4.78 is 5.53. The first-order valence-corrected chi connectivity index (χ1v) is 7.74. The molecule has 1 aromatic heterocycles. The molecule has 0 saturated carbocycles. The Hall–Kier alpha value is -2.30. The summed E-state index contributed by atoms with van der Waals surface area (Å²) in [5, 5.41) is 3.09. The van der Waals surface area contributed by atoms with Gasteiger partial charge in [0, 0.05) is 25.1 Å². The van der Waals surface area contributed by atoms with E-state index in [2.05, 4.69) is 29.1 Å². The molecular weight excluding hydrogens is 276 g/mol. The highest BCUT2D eigenvalue weighted by Crippen LogP contribution is 2.19. The molecule has 5 nitrogen and oxygen atoms in total. The summed E-state index contributed by atoms with van der Waals surface area (Å²) in [4.78, 5) is 8.74. The number of oxazole rings is 1. The number of aromatic nitrogens is 1. The monoisotopic (exact) mass is 300 g/mol. The van der Waals surface area contributed by atoms with Crippen molar-refractivity contribution in [3.63, 3.8) is 0 Å². The first-order valence-electron chi connectivity index (χ1n) is 7.74. The zero-order chi connectivity index (χ0) is 15.8. The van der Waals surface area contributed by atoms with Gasteiger partial charge >= 0.3 is 0 Å². The van der Waals surface area contributed by atoms with E-state index in [1.807, 2.05) is 24.3 Å². The van der Waals surface area contributed by atoms with E-state index in [0.717, 1.165) is 37.1 Å². The number of unbranched alkanes of at least 4 members (excludes halogenated alkanes) is 1. The van der Waals surface area contributed by atoms with Crippen molar-refractivity contribution in [3.8, 4) is 11.5 Å². The average molecular weight is 300 g/mol. The van der Waals surface area contributed by atoms with Crippen LogP contribution in [-0.4, -0.2) is 24.0 Å². The Kier molecular flexibility index (Phi) is 6.01. The maximum Gasteiger partial charge on any atom is 0.226 e. The third-order valence-corrected chi connectivity index (χ3v) is 3.33. The molecule has 3 N–H and O–H groups in total. The lowest BCUT2D eigenvalue weighted by atomic mass is 10.1. The maximum atomic E-state index is 5.78. The van der Waals surface area contributed by atoms with E-state index in [-0.39, 0.29) is 0 Å². The van der Waals surface area contributed by atoms with Crippen LogP contribution in [0.1, 0.15) is 31.0 Å². The van der Waals surface area contributed by atoms with Gasteiger partial charge in [0.25, 0.3) is 0 Å². The van der Waals surface area contributed by atoms with Gasteiger partial charge in [-0.05, 0) is 25.5 Å². The number of benzene rings is 1. The number of aliphatic imine (C=N–C) groups is 1. The second-order valence-electron chi connectivity index (χ2n) is 5.31. The third-order valence-electron chi connectivity index (χ3n) is 3.33. The molecule has 0 aliphatic carbocycles. The van der Waals surface area contributed by atoms with Gasteiger partial charge in [-0.15, -0.1) is 0 Å². The minimum atomic E-state index is 0.496. The van der Waals surface area contributed by atoms with Crippen molar-refractivity contribution in [1.29, 1.82) is 0 Å². The zero-order valence-corrected chi connectivity index (χ0v) is 13.3. The fourth-order valence-corrected chi connectivity index (χ4v) is 1.98. The smallest absolute Gasteiger partial charge is 0.226 e. The van der Waals surface area contributed by atoms with Gasteiger partial charge < -0.3 is 15.5 Å². The van der Waals surface area contributed by atoms with E-state index < -0.39 is 0 Å². The molecule has 0 atom stereocenters. The molecule has 2 rings (SSSR count). The lowest BCUT2D eigenvalue weighted by Crippen LogP contribution is -2.33. The van der Waals surface area contributed by atoms with Gasteiger partial charge in [-0.2, -0.15) is 0 Å². The minimum Gasteiger partial charge on any atom is -0.444 e. The van der Waals surface area contributed by atoms with E-state index >= 15 is 0 Å². The maximum absolute atomic E-state index is 5.78. The molecule has 0 amide bonds. The third kappa shape index (κ3) is 4.91. The molecule has 1 heterocycles. The Balaban J connectivity index is 1.82.